The van der Waals surface area contributed by atoms with Gasteiger partial charge in [0.1, 0.15) is 0 Å². The molecule has 1 heterocycles. The van der Waals surface area contributed by atoms with E-state index < -0.39 is 0 Å². The van der Waals surface area contributed by atoms with Crippen LogP contribution in [0.25, 0.3) is 0 Å². The fourth-order valence-electron chi connectivity index (χ4n) is 2.62. The SMILES string of the molecule is CCNC(Cc1cc(CC)nn1CC)C(C)(C)OCC. The number of nitrogens with one attached hydrogen (secondary N) is 1. The van der Waals surface area contributed by atoms with Crippen LogP contribution in [0.2, 0.25) is 0 Å². The van der Waals surface area contributed by atoms with Crippen molar-refractivity contribution in [2.24, 2.45) is 0 Å². The molecule has 4 nitrogen and oxygen atoms in total. The second-order valence-electron chi connectivity index (χ2n) is 5.65. The molecule has 0 bridgehead atoms. The Balaban J connectivity index is 2.92. The summed E-state index contributed by atoms with van der Waals surface area (Å²) in [6.07, 6.45) is 1.93. The maximum absolute atomic E-state index is 5.93. The first-order chi connectivity index (χ1) is 9.48. The molecule has 1 rings (SSSR count). The highest BCUT2D eigenvalue weighted by molar-refractivity contribution is 5.13. The van der Waals surface area contributed by atoms with E-state index in [0.717, 1.165) is 32.5 Å². The molecule has 1 aromatic heterocycles. The standard InChI is InChI=1S/C16H31N3O/c1-7-13-11-14(19(9-3)18-13)12-15(17-8-2)16(5,6)20-10-4/h11,15,17H,7-10,12H2,1-6H3. The number of rotatable bonds is 9. The first-order valence-corrected chi connectivity index (χ1v) is 7.91. The van der Waals surface area contributed by atoms with E-state index in [2.05, 4.69) is 62.7 Å². The fourth-order valence-corrected chi connectivity index (χ4v) is 2.62. The van der Waals surface area contributed by atoms with Crippen molar-refractivity contribution in [2.45, 2.75) is 72.6 Å². The zero-order valence-electron chi connectivity index (χ0n) is 14.0. The molecule has 0 saturated heterocycles. The van der Waals surface area contributed by atoms with E-state index in [0.29, 0.717) is 6.04 Å². The second-order valence-corrected chi connectivity index (χ2v) is 5.65. The van der Waals surface area contributed by atoms with Gasteiger partial charge in [-0.05, 0) is 46.7 Å². The van der Waals surface area contributed by atoms with E-state index in [4.69, 9.17) is 4.74 Å². The zero-order valence-corrected chi connectivity index (χ0v) is 14.0. The molecule has 4 heteroatoms. The Morgan fingerprint density at radius 2 is 2.00 bits per heavy atom. The van der Waals surface area contributed by atoms with Crippen molar-refractivity contribution >= 4 is 0 Å². The van der Waals surface area contributed by atoms with E-state index in [-0.39, 0.29) is 5.60 Å². The van der Waals surface area contributed by atoms with Gasteiger partial charge in [-0.3, -0.25) is 4.68 Å². The van der Waals surface area contributed by atoms with Crippen LogP contribution in [0.1, 0.15) is 52.9 Å². The third kappa shape index (κ3) is 4.32. The van der Waals surface area contributed by atoms with Crippen LogP contribution in [-0.2, 0) is 24.1 Å². The van der Waals surface area contributed by atoms with E-state index >= 15 is 0 Å². The van der Waals surface area contributed by atoms with Crippen LogP contribution in [0.3, 0.4) is 0 Å². The van der Waals surface area contributed by atoms with Crippen LogP contribution in [-0.4, -0.2) is 34.6 Å². The summed E-state index contributed by atoms with van der Waals surface area (Å²) in [5.41, 5.74) is 2.29. The normalized spacial score (nSPS) is 13.7. The third-order valence-corrected chi connectivity index (χ3v) is 3.80. The molecule has 1 unspecified atom stereocenters. The third-order valence-electron chi connectivity index (χ3n) is 3.80. The van der Waals surface area contributed by atoms with Crippen molar-refractivity contribution in [3.63, 3.8) is 0 Å². The molecule has 0 saturated carbocycles. The van der Waals surface area contributed by atoms with Crippen molar-refractivity contribution in [2.75, 3.05) is 13.2 Å². The van der Waals surface area contributed by atoms with Gasteiger partial charge in [-0.25, -0.2) is 0 Å². The molecular weight excluding hydrogens is 250 g/mol. The summed E-state index contributed by atoms with van der Waals surface area (Å²) in [6.45, 7) is 15.4. The lowest BCUT2D eigenvalue weighted by atomic mass is 9.93. The number of likely N-dealkylation sites (N-methyl/N-ethyl adjacent to an activating group) is 1. The van der Waals surface area contributed by atoms with Crippen molar-refractivity contribution in [1.29, 1.82) is 0 Å². The number of ether oxygens (including phenoxy) is 1. The van der Waals surface area contributed by atoms with Gasteiger partial charge in [0, 0.05) is 31.3 Å². The average Bonchev–Trinajstić information content (AvgIpc) is 2.80. The topological polar surface area (TPSA) is 39.1 Å². The summed E-state index contributed by atoms with van der Waals surface area (Å²) in [5, 5.41) is 8.21. The monoisotopic (exact) mass is 281 g/mol. The van der Waals surface area contributed by atoms with Gasteiger partial charge >= 0.3 is 0 Å². The number of hydrogen-bond acceptors (Lipinski definition) is 3. The minimum absolute atomic E-state index is 0.181. The summed E-state index contributed by atoms with van der Waals surface area (Å²) < 4.78 is 8.05. The number of aryl methyl sites for hydroxylation is 2. The molecule has 0 fully saturated rings. The molecule has 0 aliphatic rings. The lowest BCUT2D eigenvalue weighted by Gasteiger charge is -2.35. The smallest absolute Gasteiger partial charge is 0.0782 e. The second kappa shape index (κ2) is 7.79. The van der Waals surface area contributed by atoms with Crippen LogP contribution in [0.5, 0.6) is 0 Å². The summed E-state index contributed by atoms with van der Waals surface area (Å²) >= 11 is 0. The minimum Gasteiger partial charge on any atom is -0.374 e. The maximum Gasteiger partial charge on any atom is 0.0782 e. The number of nitrogens with zero attached hydrogens (tertiary/aromatic N) is 2. The molecule has 20 heavy (non-hydrogen) atoms. The lowest BCUT2D eigenvalue weighted by molar-refractivity contribution is -0.0380. The van der Waals surface area contributed by atoms with Crippen LogP contribution < -0.4 is 5.32 Å². The van der Waals surface area contributed by atoms with E-state index in [9.17, 15) is 0 Å². The van der Waals surface area contributed by atoms with Crippen LogP contribution in [0.15, 0.2) is 6.07 Å². The maximum atomic E-state index is 5.93. The molecule has 0 radical (unpaired) electrons. The Hall–Kier alpha value is -0.870. The largest absolute Gasteiger partial charge is 0.374 e. The minimum atomic E-state index is -0.181. The van der Waals surface area contributed by atoms with Crippen molar-refractivity contribution < 1.29 is 4.74 Å². The lowest BCUT2D eigenvalue weighted by Crippen LogP contribution is -2.50. The Labute approximate surface area is 123 Å². The highest BCUT2D eigenvalue weighted by Gasteiger charge is 2.30. The highest BCUT2D eigenvalue weighted by Crippen LogP contribution is 2.20. The first kappa shape index (κ1) is 17.2. The van der Waals surface area contributed by atoms with Gasteiger partial charge in [0.25, 0.3) is 0 Å². The van der Waals surface area contributed by atoms with Gasteiger partial charge < -0.3 is 10.1 Å². The predicted octanol–water partition coefficient (Wildman–Crippen LogP) is 2.80. The summed E-state index contributed by atoms with van der Waals surface area (Å²) in [7, 11) is 0. The molecule has 0 spiro atoms. The fraction of sp³-hybridized carbons (Fsp3) is 0.812. The molecule has 1 aromatic rings. The molecule has 0 aliphatic heterocycles. The van der Waals surface area contributed by atoms with Gasteiger partial charge in [-0.15, -0.1) is 0 Å². The summed E-state index contributed by atoms with van der Waals surface area (Å²) in [4.78, 5) is 0. The summed E-state index contributed by atoms with van der Waals surface area (Å²) in [6, 6.07) is 2.52. The predicted molar refractivity (Wildman–Crippen MR) is 84.2 cm³/mol. The Morgan fingerprint density at radius 1 is 1.30 bits per heavy atom. The molecule has 0 aliphatic carbocycles. The molecule has 0 amide bonds. The summed E-state index contributed by atoms with van der Waals surface area (Å²) in [5.74, 6) is 0. The van der Waals surface area contributed by atoms with Gasteiger partial charge in [-0.2, -0.15) is 5.10 Å². The number of aromatic nitrogens is 2. The first-order valence-electron chi connectivity index (χ1n) is 7.91. The molecule has 1 atom stereocenters. The van der Waals surface area contributed by atoms with Gasteiger partial charge in [-0.1, -0.05) is 13.8 Å². The van der Waals surface area contributed by atoms with Crippen LogP contribution >= 0.6 is 0 Å². The van der Waals surface area contributed by atoms with Gasteiger partial charge in [0.05, 0.1) is 11.3 Å². The Kier molecular flexibility index (Phi) is 6.69. The van der Waals surface area contributed by atoms with E-state index in [1.54, 1.807) is 0 Å². The van der Waals surface area contributed by atoms with Crippen molar-refractivity contribution in [3.05, 3.63) is 17.5 Å². The zero-order chi connectivity index (χ0) is 15.2. The Bertz CT molecular complexity index is 398. The van der Waals surface area contributed by atoms with Crippen LogP contribution in [0.4, 0.5) is 0 Å². The van der Waals surface area contributed by atoms with Gasteiger partial charge in [0.15, 0.2) is 0 Å². The van der Waals surface area contributed by atoms with Gasteiger partial charge in [0.2, 0.25) is 0 Å². The van der Waals surface area contributed by atoms with E-state index in [1.165, 1.54) is 11.4 Å². The van der Waals surface area contributed by atoms with Crippen LogP contribution in [0, 0.1) is 0 Å². The Morgan fingerprint density at radius 3 is 2.50 bits per heavy atom. The quantitative estimate of drug-likeness (QED) is 0.756. The average molecular weight is 281 g/mol. The highest BCUT2D eigenvalue weighted by atomic mass is 16.5. The van der Waals surface area contributed by atoms with Crippen molar-refractivity contribution in [3.8, 4) is 0 Å². The van der Waals surface area contributed by atoms with E-state index in [1.807, 2.05) is 0 Å². The molecule has 1 N–H and O–H groups in total. The number of hydrogen-bond donors (Lipinski definition) is 1. The van der Waals surface area contributed by atoms with Crippen molar-refractivity contribution in [1.82, 2.24) is 15.1 Å². The molecule has 0 aromatic carbocycles. The molecule has 116 valence electrons. The molecular formula is C16H31N3O.